The van der Waals surface area contributed by atoms with Crippen LogP contribution in [0.25, 0.3) is 0 Å². The molecule has 0 fully saturated rings. The molecule has 0 saturated carbocycles. The summed E-state index contributed by atoms with van der Waals surface area (Å²) in [7, 11) is -4.74. The summed E-state index contributed by atoms with van der Waals surface area (Å²) in [6, 6.07) is -1.54. The third kappa shape index (κ3) is 38.6. The predicted octanol–water partition coefficient (Wildman–Crippen LogP) is 10.8. The van der Waals surface area contributed by atoms with Crippen molar-refractivity contribution < 1.29 is 52.3 Å². The van der Waals surface area contributed by atoms with Crippen LogP contribution in [0.15, 0.2) is 36.5 Å². The van der Waals surface area contributed by atoms with E-state index in [1.165, 1.54) is 64.2 Å². The van der Waals surface area contributed by atoms with Gasteiger partial charge in [0.1, 0.15) is 12.6 Å². The second-order valence-electron chi connectivity index (χ2n) is 14.9. The van der Waals surface area contributed by atoms with Crippen LogP contribution in [0.2, 0.25) is 0 Å². The SMILES string of the molecule is CCCCCCCC/C=C\CCCCCCCCCC(=O)OC[C@H](COP(=O)(O)OC[C@H](N)C(=O)O)OC(=O)CCCCCCC/C=C\C=C\C(=O)CCCCC. The van der Waals surface area contributed by atoms with Crippen molar-refractivity contribution in [2.75, 3.05) is 19.8 Å². The maximum atomic E-state index is 12.6. The highest BCUT2D eigenvalue weighted by molar-refractivity contribution is 7.47. The smallest absolute Gasteiger partial charge is 0.472 e. The van der Waals surface area contributed by atoms with E-state index in [-0.39, 0.29) is 25.2 Å². The summed E-state index contributed by atoms with van der Waals surface area (Å²) in [6.45, 7) is 2.60. The Morgan fingerprint density at radius 2 is 1.04 bits per heavy atom. The van der Waals surface area contributed by atoms with Crippen molar-refractivity contribution in [3.8, 4) is 0 Å². The summed E-state index contributed by atoms with van der Waals surface area (Å²) >= 11 is 0. The molecule has 0 aliphatic carbocycles. The second-order valence-corrected chi connectivity index (χ2v) is 16.3. The summed E-state index contributed by atoms with van der Waals surface area (Å²) in [4.78, 5) is 57.7. The number of allylic oxidation sites excluding steroid dienone is 6. The van der Waals surface area contributed by atoms with Gasteiger partial charge in [0.15, 0.2) is 11.9 Å². The summed E-state index contributed by atoms with van der Waals surface area (Å²) in [5.74, 6) is -2.30. The van der Waals surface area contributed by atoms with Crippen molar-refractivity contribution in [1.82, 2.24) is 0 Å². The van der Waals surface area contributed by atoms with Gasteiger partial charge >= 0.3 is 25.7 Å². The summed E-state index contributed by atoms with van der Waals surface area (Å²) in [5.41, 5.74) is 5.32. The van der Waals surface area contributed by atoms with Gasteiger partial charge in [-0.3, -0.25) is 28.2 Å². The third-order valence-corrected chi connectivity index (χ3v) is 10.3. The van der Waals surface area contributed by atoms with E-state index >= 15 is 0 Å². The molecule has 0 aromatic rings. The number of carbonyl (C=O) groups excluding carboxylic acids is 3. The van der Waals surface area contributed by atoms with Gasteiger partial charge in [-0.05, 0) is 63.9 Å². The molecule has 0 rings (SSSR count). The largest absolute Gasteiger partial charge is 0.480 e. The van der Waals surface area contributed by atoms with Gasteiger partial charge in [0.2, 0.25) is 0 Å². The molecule has 57 heavy (non-hydrogen) atoms. The van der Waals surface area contributed by atoms with Gasteiger partial charge in [-0.2, -0.15) is 0 Å². The Hall–Kier alpha value is -2.63. The van der Waals surface area contributed by atoms with E-state index < -0.39 is 51.1 Å². The molecule has 4 N–H and O–H groups in total. The molecule has 330 valence electrons. The Balaban J connectivity index is 4.42. The minimum atomic E-state index is -4.74. The maximum Gasteiger partial charge on any atom is 0.472 e. The van der Waals surface area contributed by atoms with E-state index in [0.717, 1.165) is 77.0 Å². The lowest BCUT2D eigenvalue weighted by Crippen LogP contribution is -2.34. The van der Waals surface area contributed by atoms with Crippen molar-refractivity contribution in [2.24, 2.45) is 5.73 Å². The van der Waals surface area contributed by atoms with Crippen LogP contribution in [0, 0.1) is 0 Å². The minimum absolute atomic E-state index is 0.109. The van der Waals surface area contributed by atoms with Crippen LogP contribution < -0.4 is 5.73 Å². The lowest BCUT2D eigenvalue weighted by molar-refractivity contribution is -0.161. The first-order valence-corrected chi connectivity index (χ1v) is 23.5. The van der Waals surface area contributed by atoms with Crippen molar-refractivity contribution in [2.45, 2.75) is 199 Å². The second kappa shape index (κ2) is 38.9. The zero-order valence-electron chi connectivity index (χ0n) is 35.4. The lowest BCUT2D eigenvalue weighted by atomic mass is 10.1. The van der Waals surface area contributed by atoms with Crippen LogP contribution >= 0.6 is 7.82 Å². The van der Waals surface area contributed by atoms with Gasteiger partial charge in [-0.15, -0.1) is 0 Å². The molecule has 0 heterocycles. The van der Waals surface area contributed by atoms with Gasteiger partial charge in [0, 0.05) is 19.3 Å². The first-order valence-electron chi connectivity index (χ1n) is 22.0. The average Bonchev–Trinajstić information content (AvgIpc) is 3.18. The lowest BCUT2D eigenvalue weighted by Gasteiger charge is -2.20. The number of phosphoric acid groups is 1. The highest BCUT2D eigenvalue weighted by Gasteiger charge is 2.28. The van der Waals surface area contributed by atoms with Crippen LogP contribution in [-0.4, -0.2) is 65.7 Å². The van der Waals surface area contributed by atoms with E-state index in [4.69, 9.17) is 24.8 Å². The first-order chi connectivity index (χ1) is 27.5. The molecule has 0 aliphatic rings. The molecule has 0 saturated heterocycles. The fraction of sp³-hybridized carbons (Fsp3) is 0.773. The average molecular weight is 828 g/mol. The number of esters is 2. The molecule has 3 atom stereocenters. The number of carbonyl (C=O) groups is 4. The fourth-order valence-corrected chi connectivity index (χ4v) is 6.58. The molecule has 0 aromatic heterocycles. The number of carboxylic acid groups (broad SMARTS) is 1. The molecule has 0 aromatic carbocycles. The van der Waals surface area contributed by atoms with Crippen molar-refractivity contribution in [3.05, 3.63) is 36.5 Å². The van der Waals surface area contributed by atoms with Crippen molar-refractivity contribution >= 4 is 31.5 Å². The maximum absolute atomic E-state index is 12.6. The highest BCUT2D eigenvalue weighted by atomic mass is 31.2. The molecule has 1 unspecified atom stereocenters. The topological polar surface area (TPSA) is 189 Å². The van der Waals surface area contributed by atoms with Gasteiger partial charge in [0.25, 0.3) is 0 Å². The van der Waals surface area contributed by atoms with Crippen molar-refractivity contribution in [1.29, 1.82) is 0 Å². The van der Waals surface area contributed by atoms with Crippen LogP contribution in [-0.2, 0) is 42.3 Å². The first kappa shape index (κ1) is 54.4. The number of rotatable bonds is 41. The van der Waals surface area contributed by atoms with Crippen LogP contribution in [0.5, 0.6) is 0 Å². The minimum Gasteiger partial charge on any atom is -0.480 e. The van der Waals surface area contributed by atoms with E-state index in [0.29, 0.717) is 19.3 Å². The number of phosphoric ester groups is 1. The van der Waals surface area contributed by atoms with E-state index in [9.17, 15) is 28.6 Å². The molecule has 12 nitrogen and oxygen atoms in total. The quantitative estimate of drug-likeness (QED) is 0.0132. The molecular weight excluding hydrogens is 749 g/mol. The van der Waals surface area contributed by atoms with E-state index in [1.807, 2.05) is 12.2 Å². The predicted molar refractivity (Wildman–Crippen MR) is 227 cm³/mol. The highest BCUT2D eigenvalue weighted by Crippen LogP contribution is 2.43. The van der Waals surface area contributed by atoms with E-state index in [2.05, 4.69) is 30.5 Å². The van der Waals surface area contributed by atoms with Gasteiger partial charge in [0.05, 0.1) is 13.2 Å². The van der Waals surface area contributed by atoms with Crippen molar-refractivity contribution in [3.63, 3.8) is 0 Å². The zero-order valence-corrected chi connectivity index (χ0v) is 36.3. The summed E-state index contributed by atoms with van der Waals surface area (Å²) < 4.78 is 32.6. The normalized spacial score (nSPS) is 14.0. The van der Waals surface area contributed by atoms with Crippen LogP contribution in [0.3, 0.4) is 0 Å². The Morgan fingerprint density at radius 1 is 0.579 bits per heavy atom. The molecule has 0 bridgehead atoms. The van der Waals surface area contributed by atoms with E-state index in [1.54, 1.807) is 12.2 Å². The van der Waals surface area contributed by atoms with Gasteiger partial charge in [-0.25, -0.2) is 4.57 Å². The molecule has 0 spiro atoms. The molecule has 0 aliphatic heterocycles. The fourth-order valence-electron chi connectivity index (χ4n) is 5.81. The summed E-state index contributed by atoms with van der Waals surface area (Å²) in [5, 5.41) is 8.88. The molecule has 0 amide bonds. The number of ether oxygens (including phenoxy) is 2. The third-order valence-electron chi connectivity index (χ3n) is 9.34. The Kier molecular flexibility index (Phi) is 37.1. The number of hydrogen-bond donors (Lipinski definition) is 3. The Morgan fingerprint density at radius 3 is 1.60 bits per heavy atom. The molecule has 13 heteroatoms. The summed E-state index contributed by atoms with van der Waals surface area (Å²) in [6.07, 6.45) is 37.6. The number of ketones is 1. The monoisotopic (exact) mass is 828 g/mol. The number of carboxylic acids is 1. The molecular formula is C44H78NO11P. The number of hydrogen-bond acceptors (Lipinski definition) is 10. The zero-order chi connectivity index (χ0) is 42.2. The number of nitrogens with two attached hydrogens (primary N) is 1. The van der Waals surface area contributed by atoms with Gasteiger partial charge in [-0.1, -0.05) is 141 Å². The van der Waals surface area contributed by atoms with Crippen LogP contribution in [0.4, 0.5) is 0 Å². The Labute approximate surface area is 344 Å². The standard InChI is InChI=1S/C44H78NO11P/c1-3-5-7-8-9-10-11-12-13-14-15-16-17-20-23-26-30-34-42(47)53-36-40(37-54-57(51,52)55-38-41(45)44(49)50)56-43(48)35-31-27-24-21-18-19-22-25-29-33-39(46)32-28-6-4-2/h12-13,22,25,29,33,40-41H,3-11,14-21,23-24,26-28,30-32,34-38,45H2,1-2H3,(H,49,50)(H,51,52)/b13-12-,25-22-,33-29+/t40-,41+/m1/s1. The molecule has 0 radical (unpaired) electrons. The van der Waals surface area contributed by atoms with Gasteiger partial charge < -0.3 is 25.2 Å². The Bertz CT molecular complexity index is 1170. The number of unbranched alkanes of at least 4 members (excludes halogenated alkanes) is 20. The number of aliphatic carboxylic acids is 1. The van der Waals surface area contributed by atoms with Crippen LogP contribution in [0.1, 0.15) is 187 Å².